The zero-order chi connectivity index (χ0) is 16.7. The molecule has 1 aromatic carbocycles. The van der Waals surface area contributed by atoms with E-state index in [1.807, 2.05) is 24.3 Å². The summed E-state index contributed by atoms with van der Waals surface area (Å²) < 4.78 is 0. The summed E-state index contributed by atoms with van der Waals surface area (Å²) in [5, 5.41) is 5.95. The molecule has 24 heavy (non-hydrogen) atoms. The quantitative estimate of drug-likeness (QED) is 0.780. The number of carbonyl (C=O) groups excluding carboxylic acids is 2. The van der Waals surface area contributed by atoms with Crippen LogP contribution >= 0.6 is 0 Å². The molecule has 0 bridgehead atoms. The number of nitrogens with zero attached hydrogens (tertiary/aromatic N) is 2. The van der Waals surface area contributed by atoms with Gasteiger partial charge in [-0.2, -0.15) is 0 Å². The molecule has 4 rings (SSSR count). The van der Waals surface area contributed by atoms with Crippen molar-refractivity contribution in [3.8, 4) is 0 Å². The minimum Gasteiger partial charge on any atom is -0.335 e. The van der Waals surface area contributed by atoms with E-state index in [9.17, 15) is 9.59 Å². The SMILES string of the molecule is [C-]#[N+][C@@H]1C[C@@]2(CN1C(=O)NC1CCCC1)C(=O)Nc1ccccc12. The van der Waals surface area contributed by atoms with E-state index in [0.717, 1.165) is 36.9 Å². The van der Waals surface area contributed by atoms with Gasteiger partial charge in [0.15, 0.2) is 0 Å². The Kier molecular flexibility index (Phi) is 3.45. The molecule has 1 aliphatic carbocycles. The van der Waals surface area contributed by atoms with Crippen LogP contribution in [0.15, 0.2) is 24.3 Å². The number of hydrogen-bond acceptors (Lipinski definition) is 2. The number of urea groups is 1. The van der Waals surface area contributed by atoms with Gasteiger partial charge >= 0.3 is 12.2 Å². The highest BCUT2D eigenvalue weighted by molar-refractivity contribution is 6.07. The fraction of sp³-hybridized carbons (Fsp3) is 0.500. The van der Waals surface area contributed by atoms with Crippen LogP contribution in [0.2, 0.25) is 0 Å². The summed E-state index contributed by atoms with van der Waals surface area (Å²) in [6.07, 6.45) is 4.03. The highest BCUT2D eigenvalue weighted by Gasteiger charge is 2.58. The topological polar surface area (TPSA) is 65.8 Å². The molecule has 1 saturated carbocycles. The molecule has 2 N–H and O–H groups in total. The van der Waals surface area contributed by atoms with Gasteiger partial charge in [-0.05, 0) is 24.5 Å². The summed E-state index contributed by atoms with van der Waals surface area (Å²) in [6.45, 7) is 7.74. The lowest BCUT2D eigenvalue weighted by Crippen LogP contribution is -2.47. The predicted molar refractivity (Wildman–Crippen MR) is 89.3 cm³/mol. The number of likely N-dealkylation sites (tertiary alicyclic amines) is 1. The van der Waals surface area contributed by atoms with E-state index in [4.69, 9.17) is 6.57 Å². The number of benzene rings is 1. The Bertz CT molecular complexity index is 735. The molecule has 3 aliphatic rings. The number of nitrogens with one attached hydrogen (secondary N) is 2. The Labute approximate surface area is 141 Å². The first kappa shape index (κ1) is 15.0. The van der Waals surface area contributed by atoms with E-state index >= 15 is 0 Å². The maximum Gasteiger partial charge on any atom is 0.323 e. The number of amides is 3. The number of rotatable bonds is 1. The molecule has 2 atom stereocenters. The van der Waals surface area contributed by atoms with Crippen LogP contribution in [-0.4, -0.2) is 35.6 Å². The van der Waals surface area contributed by atoms with Gasteiger partial charge in [-0.1, -0.05) is 31.0 Å². The first-order valence-electron chi connectivity index (χ1n) is 8.49. The summed E-state index contributed by atoms with van der Waals surface area (Å²) in [4.78, 5) is 30.5. The maximum absolute atomic E-state index is 12.7. The third-order valence-electron chi connectivity index (χ3n) is 5.55. The lowest BCUT2D eigenvalue weighted by atomic mass is 9.80. The molecule has 6 heteroatoms. The van der Waals surface area contributed by atoms with Gasteiger partial charge in [-0.25, -0.2) is 11.4 Å². The van der Waals surface area contributed by atoms with Crippen molar-refractivity contribution in [3.63, 3.8) is 0 Å². The van der Waals surface area contributed by atoms with Crippen molar-refractivity contribution in [2.45, 2.75) is 49.7 Å². The van der Waals surface area contributed by atoms with Crippen LogP contribution in [0.3, 0.4) is 0 Å². The number of carbonyl (C=O) groups is 2. The van der Waals surface area contributed by atoms with Gasteiger partial charge in [0.2, 0.25) is 5.91 Å². The van der Waals surface area contributed by atoms with Gasteiger partial charge in [-0.3, -0.25) is 14.5 Å². The Morgan fingerprint density at radius 3 is 2.83 bits per heavy atom. The monoisotopic (exact) mass is 324 g/mol. The maximum atomic E-state index is 12.7. The van der Waals surface area contributed by atoms with Gasteiger partial charge in [-0.15, -0.1) is 0 Å². The molecule has 0 aromatic heterocycles. The number of para-hydroxylation sites is 1. The van der Waals surface area contributed by atoms with Crippen molar-refractivity contribution in [3.05, 3.63) is 41.2 Å². The average molecular weight is 324 g/mol. The van der Waals surface area contributed by atoms with Crippen LogP contribution in [0.4, 0.5) is 10.5 Å². The predicted octanol–water partition coefficient (Wildman–Crippen LogP) is 2.48. The average Bonchev–Trinajstić information content (AvgIpc) is 3.28. The lowest BCUT2D eigenvalue weighted by molar-refractivity contribution is -0.120. The standard InChI is InChI=1S/C18H20N4O2/c1-19-15-10-18(13-8-4-5-9-14(13)21-16(18)23)11-22(15)17(24)20-12-6-2-3-7-12/h4-5,8-9,12,15H,2-3,6-7,10-11H2,(H,20,24)(H,21,23)/t15-,18-/m0/s1. The van der Waals surface area contributed by atoms with Gasteiger partial charge in [0.25, 0.3) is 0 Å². The zero-order valence-electron chi connectivity index (χ0n) is 13.4. The Balaban J connectivity index is 1.61. The molecule has 1 spiro atoms. The first-order valence-corrected chi connectivity index (χ1v) is 8.49. The third kappa shape index (κ3) is 2.15. The van der Waals surface area contributed by atoms with Crippen LogP contribution in [0.1, 0.15) is 37.7 Å². The summed E-state index contributed by atoms with van der Waals surface area (Å²) in [7, 11) is 0. The van der Waals surface area contributed by atoms with Crippen molar-refractivity contribution < 1.29 is 9.59 Å². The molecule has 124 valence electrons. The summed E-state index contributed by atoms with van der Waals surface area (Å²) in [5.74, 6) is -0.103. The Morgan fingerprint density at radius 2 is 2.08 bits per heavy atom. The Morgan fingerprint density at radius 1 is 1.33 bits per heavy atom. The summed E-state index contributed by atoms with van der Waals surface area (Å²) in [6, 6.07) is 7.56. The Hall–Kier alpha value is -2.55. The number of anilines is 1. The van der Waals surface area contributed by atoms with Gasteiger partial charge in [0, 0.05) is 18.3 Å². The summed E-state index contributed by atoms with van der Waals surface area (Å²) in [5.41, 5.74) is 0.905. The van der Waals surface area contributed by atoms with E-state index < -0.39 is 11.6 Å². The number of hydrogen-bond donors (Lipinski definition) is 2. The second kappa shape index (κ2) is 5.52. The molecule has 0 radical (unpaired) electrons. The van der Waals surface area contributed by atoms with E-state index in [-0.39, 0.29) is 24.5 Å². The highest BCUT2D eigenvalue weighted by atomic mass is 16.2. The van der Waals surface area contributed by atoms with Crippen molar-refractivity contribution in [2.24, 2.45) is 0 Å². The van der Waals surface area contributed by atoms with E-state index in [2.05, 4.69) is 15.5 Å². The van der Waals surface area contributed by atoms with Gasteiger partial charge < -0.3 is 10.6 Å². The van der Waals surface area contributed by atoms with Crippen molar-refractivity contribution >= 4 is 17.6 Å². The van der Waals surface area contributed by atoms with Gasteiger partial charge in [0.1, 0.15) is 5.41 Å². The minimum absolute atomic E-state index is 0.103. The van der Waals surface area contributed by atoms with E-state index in [0.29, 0.717) is 6.42 Å². The molecule has 0 unspecified atom stereocenters. The molecule has 2 heterocycles. The highest BCUT2D eigenvalue weighted by Crippen LogP contribution is 2.46. The first-order chi connectivity index (χ1) is 11.6. The van der Waals surface area contributed by atoms with Crippen molar-refractivity contribution in [2.75, 3.05) is 11.9 Å². The zero-order valence-corrected chi connectivity index (χ0v) is 13.4. The molecule has 6 nitrogen and oxygen atoms in total. The van der Waals surface area contributed by atoms with Crippen LogP contribution < -0.4 is 10.6 Å². The fourth-order valence-electron chi connectivity index (χ4n) is 4.27. The molecule has 1 aromatic rings. The van der Waals surface area contributed by atoms with Crippen molar-refractivity contribution in [1.29, 1.82) is 0 Å². The molecule has 3 amide bonds. The van der Waals surface area contributed by atoms with E-state index in [1.54, 1.807) is 4.90 Å². The third-order valence-corrected chi connectivity index (χ3v) is 5.55. The van der Waals surface area contributed by atoms with Crippen LogP contribution in [-0.2, 0) is 10.2 Å². The number of fused-ring (bicyclic) bond motifs is 2. The molecular formula is C18H20N4O2. The van der Waals surface area contributed by atoms with Gasteiger partial charge in [0.05, 0.1) is 6.42 Å². The minimum atomic E-state index is -0.793. The normalized spacial score (nSPS) is 28.7. The second-order valence-corrected chi connectivity index (χ2v) is 6.95. The summed E-state index contributed by atoms with van der Waals surface area (Å²) >= 11 is 0. The van der Waals surface area contributed by atoms with Crippen LogP contribution in [0, 0.1) is 6.57 Å². The molecule has 2 fully saturated rings. The van der Waals surface area contributed by atoms with Crippen LogP contribution in [0.25, 0.3) is 4.85 Å². The largest absolute Gasteiger partial charge is 0.335 e. The second-order valence-electron chi connectivity index (χ2n) is 6.95. The molecule has 2 aliphatic heterocycles. The molecular weight excluding hydrogens is 304 g/mol. The fourth-order valence-corrected chi connectivity index (χ4v) is 4.27. The lowest BCUT2D eigenvalue weighted by Gasteiger charge is -2.23. The smallest absolute Gasteiger partial charge is 0.323 e. The van der Waals surface area contributed by atoms with Crippen molar-refractivity contribution in [1.82, 2.24) is 10.2 Å². The van der Waals surface area contributed by atoms with E-state index in [1.165, 1.54) is 0 Å². The molecule has 1 saturated heterocycles. The van der Waals surface area contributed by atoms with Crippen LogP contribution in [0.5, 0.6) is 0 Å².